The fourth-order valence-corrected chi connectivity index (χ4v) is 4.02. The van der Waals surface area contributed by atoms with Gasteiger partial charge in [-0.2, -0.15) is 5.10 Å². The highest BCUT2D eigenvalue weighted by atomic mass is 35.5. The number of hydrogen-bond acceptors (Lipinski definition) is 10. The van der Waals surface area contributed by atoms with Crippen LogP contribution < -0.4 is 15.5 Å². The molecular weight excluding hydrogens is 524 g/mol. The monoisotopic (exact) mass is 540 g/mol. The Balaban J connectivity index is 1.29. The largest absolute Gasteiger partial charge is 0.497 e. The first-order valence-corrected chi connectivity index (χ1v) is 11.7. The van der Waals surface area contributed by atoms with Crippen molar-refractivity contribution in [2.75, 3.05) is 12.4 Å². The van der Waals surface area contributed by atoms with Gasteiger partial charge in [-0.05, 0) is 42.5 Å². The minimum absolute atomic E-state index is 0.102. The first-order valence-electron chi connectivity index (χ1n) is 10.5. The number of nitro benzene ring substituents is 1. The summed E-state index contributed by atoms with van der Waals surface area (Å²) >= 11 is 7.18. The number of benzene rings is 2. The number of amides is 2. The van der Waals surface area contributed by atoms with Crippen LogP contribution in [0.15, 0.2) is 64.1 Å². The minimum atomic E-state index is -0.542. The number of furan rings is 1. The van der Waals surface area contributed by atoms with Gasteiger partial charge in [-0.25, -0.2) is 5.43 Å². The number of rotatable bonds is 9. The van der Waals surface area contributed by atoms with E-state index >= 15 is 0 Å². The molecule has 2 heterocycles. The van der Waals surface area contributed by atoms with Gasteiger partial charge in [0, 0.05) is 23.3 Å². The first kappa shape index (κ1) is 25.5. The highest BCUT2D eigenvalue weighted by molar-refractivity contribution is 7.15. The van der Waals surface area contributed by atoms with Gasteiger partial charge in [0.15, 0.2) is 0 Å². The zero-order valence-electron chi connectivity index (χ0n) is 19.0. The van der Waals surface area contributed by atoms with Gasteiger partial charge in [0.05, 0.1) is 29.7 Å². The third kappa shape index (κ3) is 6.54. The van der Waals surface area contributed by atoms with Crippen molar-refractivity contribution in [2.45, 2.75) is 6.42 Å². The van der Waals surface area contributed by atoms with Gasteiger partial charge in [-0.3, -0.25) is 25.0 Å². The van der Waals surface area contributed by atoms with E-state index in [4.69, 9.17) is 20.8 Å². The van der Waals surface area contributed by atoms with Crippen LogP contribution in [0.4, 0.5) is 10.8 Å². The number of nitro groups is 1. The second-order valence-electron chi connectivity index (χ2n) is 7.28. The Labute approximate surface area is 218 Å². The normalized spacial score (nSPS) is 10.9. The highest BCUT2D eigenvalue weighted by Crippen LogP contribution is 2.32. The standard InChI is InChI=1S/C23H17ClN6O6S/c1-35-15-5-2-13(3-6-15)22(32)26-23-29-28-21(37-23)11-20(31)27-25-12-16-7-9-19(36-16)17-8-4-14(30(33)34)10-18(17)24/h2-10,12H,11H2,1H3,(H,27,31)(H,26,29,32)/b25-12-. The van der Waals surface area contributed by atoms with Crippen molar-refractivity contribution in [1.82, 2.24) is 15.6 Å². The Morgan fingerprint density at radius 3 is 2.68 bits per heavy atom. The van der Waals surface area contributed by atoms with Crippen LogP contribution in [0, 0.1) is 10.1 Å². The minimum Gasteiger partial charge on any atom is -0.497 e. The molecule has 4 rings (SSSR count). The number of anilines is 1. The molecule has 0 radical (unpaired) electrons. The molecule has 188 valence electrons. The van der Waals surface area contributed by atoms with E-state index in [2.05, 4.69) is 26.0 Å². The predicted octanol–water partition coefficient (Wildman–Crippen LogP) is 4.31. The number of halogens is 1. The molecule has 0 fully saturated rings. The smallest absolute Gasteiger partial charge is 0.270 e. The Bertz CT molecular complexity index is 1480. The number of ether oxygens (including phenoxy) is 1. The van der Waals surface area contributed by atoms with Gasteiger partial charge in [0.2, 0.25) is 11.0 Å². The van der Waals surface area contributed by atoms with E-state index in [1.54, 1.807) is 36.4 Å². The van der Waals surface area contributed by atoms with E-state index < -0.39 is 10.8 Å². The second kappa shape index (κ2) is 11.4. The molecule has 2 amide bonds. The van der Waals surface area contributed by atoms with Crippen molar-refractivity contribution >= 4 is 51.8 Å². The number of aromatic nitrogens is 2. The summed E-state index contributed by atoms with van der Waals surface area (Å²) in [6.45, 7) is 0. The molecule has 2 aromatic carbocycles. The number of nitrogens with zero attached hydrogens (tertiary/aromatic N) is 4. The van der Waals surface area contributed by atoms with Crippen LogP contribution in [0.3, 0.4) is 0 Å². The molecule has 14 heteroatoms. The summed E-state index contributed by atoms with van der Waals surface area (Å²) in [5.74, 6) is 0.512. The Morgan fingerprint density at radius 1 is 1.19 bits per heavy atom. The summed E-state index contributed by atoms with van der Waals surface area (Å²) in [5.41, 5.74) is 3.12. The molecule has 37 heavy (non-hydrogen) atoms. The molecule has 0 saturated carbocycles. The van der Waals surface area contributed by atoms with Crippen molar-refractivity contribution in [3.63, 3.8) is 0 Å². The molecule has 0 unspecified atom stereocenters. The maximum absolute atomic E-state index is 12.3. The highest BCUT2D eigenvalue weighted by Gasteiger charge is 2.14. The lowest BCUT2D eigenvalue weighted by molar-refractivity contribution is -0.384. The van der Waals surface area contributed by atoms with Crippen LogP contribution in [0.25, 0.3) is 11.3 Å². The average molecular weight is 541 g/mol. The molecule has 0 saturated heterocycles. The average Bonchev–Trinajstić information content (AvgIpc) is 3.53. The number of non-ortho nitro benzene ring substituents is 1. The van der Waals surface area contributed by atoms with Gasteiger partial charge in [0.25, 0.3) is 11.6 Å². The summed E-state index contributed by atoms with van der Waals surface area (Å²) in [6.07, 6.45) is 1.19. The van der Waals surface area contributed by atoms with Crippen molar-refractivity contribution in [1.29, 1.82) is 0 Å². The number of hydrogen-bond donors (Lipinski definition) is 2. The summed E-state index contributed by atoms with van der Waals surface area (Å²) in [6, 6.07) is 13.8. The van der Waals surface area contributed by atoms with Gasteiger partial charge >= 0.3 is 0 Å². The van der Waals surface area contributed by atoms with Crippen LogP contribution >= 0.6 is 22.9 Å². The molecule has 0 aliphatic carbocycles. The van der Waals surface area contributed by atoms with Gasteiger partial charge < -0.3 is 9.15 Å². The number of hydrazone groups is 1. The zero-order valence-corrected chi connectivity index (χ0v) is 20.6. The van der Waals surface area contributed by atoms with E-state index in [0.717, 1.165) is 11.3 Å². The Hall–Kier alpha value is -4.62. The van der Waals surface area contributed by atoms with E-state index in [1.165, 1.54) is 31.5 Å². The predicted molar refractivity (Wildman–Crippen MR) is 136 cm³/mol. The first-order chi connectivity index (χ1) is 17.8. The Kier molecular flexibility index (Phi) is 7.86. The third-order valence-corrected chi connectivity index (χ3v) is 5.94. The lowest BCUT2D eigenvalue weighted by Gasteiger charge is -2.02. The van der Waals surface area contributed by atoms with Crippen molar-refractivity contribution < 1.29 is 23.7 Å². The zero-order chi connectivity index (χ0) is 26.4. The van der Waals surface area contributed by atoms with Crippen molar-refractivity contribution in [3.05, 3.63) is 86.1 Å². The fraction of sp³-hybridized carbons (Fsp3) is 0.0870. The SMILES string of the molecule is COc1ccc(C(=O)Nc2nnc(CC(=O)N/N=C\c3ccc(-c4ccc([N+](=O)[O-])cc4Cl)o3)s2)cc1. The van der Waals surface area contributed by atoms with Crippen LogP contribution in [-0.4, -0.2) is 40.3 Å². The number of nitrogens with one attached hydrogen (secondary N) is 2. The van der Waals surface area contributed by atoms with Gasteiger partial charge in [-0.15, -0.1) is 10.2 Å². The molecule has 0 aliphatic heterocycles. The third-order valence-electron chi connectivity index (χ3n) is 4.79. The number of methoxy groups -OCH3 is 1. The number of carbonyl (C=O) groups excluding carboxylic acids is 2. The molecular formula is C23H17ClN6O6S. The molecule has 0 bridgehead atoms. The summed E-state index contributed by atoms with van der Waals surface area (Å²) in [7, 11) is 1.53. The molecule has 0 aliphatic rings. The lowest BCUT2D eigenvalue weighted by Crippen LogP contribution is -2.19. The molecule has 2 aromatic heterocycles. The van der Waals surface area contributed by atoms with E-state index in [0.29, 0.717) is 33.4 Å². The van der Waals surface area contributed by atoms with Crippen LogP contribution in [0.1, 0.15) is 21.1 Å². The molecule has 4 aromatic rings. The maximum atomic E-state index is 12.3. The molecule has 0 spiro atoms. The van der Waals surface area contributed by atoms with Gasteiger partial charge in [-0.1, -0.05) is 22.9 Å². The summed E-state index contributed by atoms with van der Waals surface area (Å²) in [4.78, 5) is 34.8. The van der Waals surface area contributed by atoms with Gasteiger partial charge in [0.1, 0.15) is 22.3 Å². The summed E-state index contributed by atoms with van der Waals surface area (Å²) < 4.78 is 10.7. The second-order valence-corrected chi connectivity index (χ2v) is 8.75. The van der Waals surface area contributed by atoms with E-state index in [1.807, 2.05) is 0 Å². The fourth-order valence-electron chi connectivity index (χ4n) is 3.02. The van der Waals surface area contributed by atoms with Crippen LogP contribution in [0.2, 0.25) is 5.02 Å². The molecule has 2 N–H and O–H groups in total. The quantitative estimate of drug-likeness (QED) is 0.180. The molecule has 12 nitrogen and oxygen atoms in total. The van der Waals surface area contributed by atoms with E-state index in [-0.39, 0.29) is 28.2 Å². The van der Waals surface area contributed by atoms with Crippen LogP contribution in [-0.2, 0) is 11.2 Å². The van der Waals surface area contributed by atoms with Crippen LogP contribution in [0.5, 0.6) is 5.75 Å². The summed E-state index contributed by atoms with van der Waals surface area (Å²) in [5, 5.41) is 25.9. The topological polar surface area (TPSA) is 162 Å². The van der Waals surface area contributed by atoms with E-state index in [9.17, 15) is 19.7 Å². The number of carbonyl (C=O) groups is 2. The Morgan fingerprint density at radius 2 is 1.97 bits per heavy atom. The van der Waals surface area contributed by atoms with Crippen molar-refractivity contribution in [2.24, 2.45) is 5.10 Å². The van der Waals surface area contributed by atoms with Crippen molar-refractivity contribution in [3.8, 4) is 17.1 Å². The maximum Gasteiger partial charge on any atom is 0.270 e. The lowest BCUT2D eigenvalue weighted by atomic mass is 10.1. The molecule has 0 atom stereocenters.